The Labute approximate surface area is 168 Å². The van der Waals surface area contributed by atoms with Crippen molar-refractivity contribution in [2.75, 3.05) is 31.3 Å². The normalized spacial score (nSPS) is 15.0. The summed E-state index contributed by atoms with van der Waals surface area (Å²) >= 11 is 1.68. The number of ether oxygens (including phenoxy) is 1. The summed E-state index contributed by atoms with van der Waals surface area (Å²) in [6, 6.07) is 18.8. The summed E-state index contributed by atoms with van der Waals surface area (Å²) in [4.78, 5) is 5.96. The van der Waals surface area contributed by atoms with Crippen molar-refractivity contribution in [2.24, 2.45) is 4.99 Å². The standard InChI is InChI=1S/C20H21N3OS.BrH/c1-16-7-5-6-10-18(16)21-20-23(22-11-13-24-14-12-22)19(15-25-20)17-8-3-2-4-9-17;/h2-10,15H,11-14H2,1H3;1H. The molecule has 1 aliphatic heterocycles. The minimum atomic E-state index is 0. The zero-order valence-corrected chi connectivity index (χ0v) is 17.2. The third kappa shape index (κ3) is 3.92. The van der Waals surface area contributed by atoms with E-state index in [9.17, 15) is 0 Å². The van der Waals surface area contributed by atoms with Gasteiger partial charge in [-0.1, -0.05) is 48.5 Å². The average Bonchev–Trinajstić information content (AvgIpc) is 3.09. The van der Waals surface area contributed by atoms with Crippen LogP contribution in [0.4, 0.5) is 5.69 Å². The monoisotopic (exact) mass is 431 g/mol. The summed E-state index contributed by atoms with van der Waals surface area (Å²) in [7, 11) is 0. The molecule has 1 aliphatic rings. The van der Waals surface area contributed by atoms with Gasteiger partial charge in [0.1, 0.15) is 0 Å². The second kappa shape index (κ2) is 8.66. The van der Waals surface area contributed by atoms with Crippen LogP contribution in [0.5, 0.6) is 0 Å². The number of aryl methyl sites for hydroxylation is 1. The first kappa shape index (κ1) is 18.9. The number of thiazole rings is 1. The van der Waals surface area contributed by atoms with E-state index in [2.05, 4.69) is 58.4 Å². The lowest BCUT2D eigenvalue weighted by Gasteiger charge is -2.31. The van der Waals surface area contributed by atoms with Crippen LogP contribution in [0.3, 0.4) is 0 Å². The summed E-state index contributed by atoms with van der Waals surface area (Å²) in [6.07, 6.45) is 0. The Hall–Kier alpha value is -1.89. The van der Waals surface area contributed by atoms with Crippen molar-refractivity contribution in [1.82, 2.24) is 4.68 Å². The smallest absolute Gasteiger partial charge is 0.209 e. The highest BCUT2D eigenvalue weighted by Crippen LogP contribution is 2.22. The molecule has 2 aromatic carbocycles. The van der Waals surface area contributed by atoms with Gasteiger partial charge in [0, 0.05) is 10.9 Å². The molecule has 6 heteroatoms. The quantitative estimate of drug-likeness (QED) is 0.618. The van der Waals surface area contributed by atoms with Gasteiger partial charge in [-0.15, -0.1) is 28.3 Å². The van der Waals surface area contributed by atoms with Gasteiger partial charge in [0.15, 0.2) is 0 Å². The maximum absolute atomic E-state index is 5.54. The first-order valence-corrected chi connectivity index (χ1v) is 9.40. The summed E-state index contributed by atoms with van der Waals surface area (Å²) in [5.74, 6) is 0. The molecule has 0 bridgehead atoms. The van der Waals surface area contributed by atoms with Gasteiger partial charge in [-0.2, -0.15) is 0 Å². The highest BCUT2D eigenvalue weighted by molar-refractivity contribution is 8.93. The average molecular weight is 432 g/mol. The SMILES string of the molecule is Br.Cc1ccccc1N=c1scc(-c2ccccc2)n1N1CCOCC1. The lowest BCUT2D eigenvalue weighted by molar-refractivity contribution is 0.111. The molecule has 1 fully saturated rings. The van der Waals surface area contributed by atoms with Crippen molar-refractivity contribution in [3.05, 3.63) is 70.3 Å². The number of hydrogen-bond donors (Lipinski definition) is 0. The third-order valence-electron chi connectivity index (χ3n) is 4.36. The zero-order chi connectivity index (χ0) is 17.1. The molecule has 0 aliphatic carbocycles. The molecule has 0 spiro atoms. The van der Waals surface area contributed by atoms with E-state index in [0.29, 0.717) is 0 Å². The molecule has 0 N–H and O–H groups in total. The second-order valence-corrected chi connectivity index (χ2v) is 6.88. The minimum Gasteiger partial charge on any atom is -0.378 e. The second-order valence-electron chi connectivity index (χ2n) is 6.05. The maximum atomic E-state index is 5.54. The summed E-state index contributed by atoms with van der Waals surface area (Å²) < 4.78 is 7.80. The van der Waals surface area contributed by atoms with Crippen molar-refractivity contribution < 1.29 is 4.74 Å². The van der Waals surface area contributed by atoms with E-state index in [1.54, 1.807) is 11.3 Å². The zero-order valence-electron chi connectivity index (χ0n) is 14.7. The predicted molar refractivity (Wildman–Crippen MR) is 113 cm³/mol. The highest BCUT2D eigenvalue weighted by atomic mass is 79.9. The number of morpholine rings is 1. The van der Waals surface area contributed by atoms with Crippen molar-refractivity contribution in [2.45, 2.75) is 6.92 Å². The van der Waals surface area contributed by atoms with Crippen LogP contribution in [0.1, 0.15) is 5.56 Å². The first-order chi connectivity index (χ1) is 12.3. The van der Waals surface area contributed by atoms with Crippen LogP contribution < -0.4 is 9.81 Å². The fraction of sp³-hybridized carbons (Fsp3) is 0.250. The van der Waals surface area contributed by atoms with E-state index in [1.807, 2.05) is 18.2 Å². The van der Waals surface area contributed by atoms with Crippen LogP contribution >= 0.6 is 28.3 Å². The Morgan fingerprint density at radius 2 is 1.65 bits per heavy atom. The Balaban J connectivity index is 0.00000196. The van der Waals surface area contributed by atoms with Crippen LogP contribution in [0.2, 0.25) is 0 Å². The van der Waals surface area contributed by atoms with Gasteiger partial charge >= 0.3 is 0 Å². The Morgan fingerprint density at radius 3 is 2.38 bits per heavy atom. The molecule has 1 aromatic heterocycles. The molecule has 4 nitrogen and oxygen atoms in total. The number of halogens is 1. The highest BCUT2D eigenvalue weighted by Gasteiger charge is 2.17. The van der Waals surface area contributed by atoms with Crippen LogP contribution in [0.15, 0.2) is 65.0 Å². The number of aromatic nitrogens is 1. The van der Waals surface area contributed by atoms with Crippen molar-refractivity contribution >= 4 is 34.0 Å². The molecule has 0 unspecified atom stereocenters. The molecule has 3 aromatic rings. The maximum Gasteiger partial charge on any atom is 0.209 e. The molecule has 26 heavy (non-hydrogen) atoms. The largest absolute Gasteiger partial charge is 0.378 e. The lowest BCUT2D eigenvalue weighted by atomic mass is 10.2. The van der Waals surface area contributed by atoms with Gasteiger partial charge in [-0.3, -0.25) is 0 Å². The number of benzene rings is 2. The van der Waals surface area contributed by atoms with Gasteiger partial charge in [-0.05, 0) is 18.6 Å². The number of para-hydroxylation sites is 1. The van der Waals surface area contributed by atoms with E-state index in [-0.39, 0.29) is 17.0 Å². The molecule has 2 heterocycles. The minimum absolute atomic E-state index is 0. The summed E-state index contributed by atoms with van der Waals surface area (Å²) in [6.45, 7) is 5.35. The van der Waals surface area contributed by atoms with E-state index in [4.69, 9.17) is 9.73 Å². The molecule has 1 saturated heterocycles. The van der Waals surface area contributed by atoms with Crippen molar-refractivity contribution in [3.8, 4) is 11.3 Å². The molecule has 0 amide bonds. The number of rotatable bonds is 3. The van der Waals surface area contributed by atoms with Gasteiger partial charge in [-0.25, -0.2) is 9.67 Å². The molecule has 136 valence electrons. The Bertz CT molecular complexity index is 914. The van der Waals surface area contributed by atoms with Crippen LogP contribution in [0.25, 0.3) is 11.3 Å². The fourth-order valence-corrected chi connectivity index (χ4v) is 3.92. The van der Waals surface area contributed by atoms with Crippen LogP contribution in [0, 0.1) is 6.92 Å². The molecule has 0 atom stereocenters. The van der Waals surface area contributed by atoms with Crippen molar-refractivity contribution in [3.63, 3.8) is 0 Å². The van der Waals surface area contributed by atoms with E-state index in [1.165, 1.54) is 16.8 Å². The third-order valence-corrected chi connectivity index (χ3v) is 5.17. The Morgan fingerprint density at radius 1 is 0.962 bits per heavy atom. The lowest BCUT2D eigenvalue weighted by Crippen LogP contribution is -2.48. The van der Waals surface area contributed by atoms with Gasteiger partial charge in [0.05, 0.1) is 37.7 Å². The van der Waals surface area contributed by atoms with E-state index >= 15 is 0 Å². The van der Waals surface area contributed by atoms with Gasteiger partial charge in [0.25, 0.3) is 0 Å². The van der Waals surface area contributed by atoms with E-state index in [0.717, 1.165) is 36.8 Å². The molecule has 0 radical (unpaired) electrons. The predicted octanol–water partition coefficient (Wildman–Crippen LogP) is 4.30. The van der Waals surface area contributed by atoms with E-state index < -0.39 is 0 Å². The van der Waals surface area contributed by atoms with Gasteiger partial charge < -0.3 is 9.75 Å². The molecule has 0 saturated carbocycles. The topological polar surface area (TPSA) is 29.8 Å². The van der Waals surface area contributed by atoms with Crippen LogP contribution in [-0.4, -0.2) is 31.0 Å². The van der Waals surface area contributed by atoms with Crippen LogP contribution in [-0.2, 0) is 4.74 Å². The summed E-state index contributed by atoms with van der Waals surface area (Å²) in [5.41, 5.74) is 4.59. The molecular formula is C20H22BrN3OS. The van der Waals surface area contributed by atoms with Crippen molar-refractivity contribution in [1.29, 1.82) is 0 Å². The first-order valence-electron chi connectivity index (χ1n) is 8.52. The van der Waals surface area contributed by atoms with Gasteiger partial charge in [0.2, 0.25) is 4.80 Å². The summed E-state index contributed by atoms with van der Waals surface area (Å²) in [5, 5.41) is 4.53. The molecular weight excluding hydrogens is 410 g/mol. The molecule has 4 rings (SSSR count). The Kier molecular flexibility index (Phi) is 6.29. The number of hydrogen-bond acceptors (Lipinski definition) is 4. The fourth-order valence-electron chi connectivity index (χ4n) is 3.00. The number of nitrogens with zero attached hydrogens (tertiary/aromatic N) is 3.